The molecule has 108 valence electrons. The summed E-state index contributed by atoms with van der Waals surface area (Å²) in [5.41, 5.74) is 2.71. The summed E-state index contributed by atoms with van der Waals surface area (Å²) in [6, 6.07) is 13.4. The van der Waals surface area contributed by atoms with Crippen molar-refractivity contribution in [3.8, 4) is 0 Å². The van der Waals surface area contributed by atoms with Crippen molar-refractivity contribution in [2.75, 3.05) is 23.0 Å². The van der Waals surface area contributed by atoms with Gasteiger partial charge in [0.1, 0.15) is 0 Å². The molecule has 0 saturated carbocycles. The summed E-state index contributed by atoms with van der Waals surface area (Å²) in [6.07, 6.45) is 0. The van der Waals surface area contributed by atoms with Crippen LogP contribution in [0.4, 0.5) is 21.9 Å². The Hall–Kier alpha value is -2.82. The third kappa shape index (κ3) is 4.07. The normalized spacial score (nSPS) is 9.81. The molecule has 0 spiro atoms. The van der Waals surface area contributed by atoms with Gasteiger partial charge in [-0.2, -0.15) is 0 Å². The molecule has 21 heavy (non-hydrogen) atoms. The first-order valence-electron chi connectivity index (χ1n) is 6.55. The van der Waals surface area contributed by atoms with Gasteiger partial charge >= 0.3 is 6.03 Å². The number of urea groups is 1. The molecule has 0 atom stereocenters. The molecule has 0 aliphatic carbocycles. The fourth-order valence-electron chi connectivity index (χ4n) is 1.79. The van der Waals surface area contributed by atoms with Gasteiger partial charge in [0, 0.05) is 18.4 Å². The number of aryl methyl sites for hydroxylation is 1. The van der Waals surface area contributed by atoms with Crippen LogP contribution in [0.15, 0.2) is 53.3 Å². The Morgan fingerprint density at radius 3 is 1.95 bits per heavy atom. The maximum Gasteiger partial charge on any atom is 0.323 e. The van der Waals surface area contributed by atoms with Gasteiger partial charge in [0.05, 0.1) is 5.69 Å². The zero-order valence-electron chi connectivity index (χ0n) is 11.9. The Morgan fingerprint density at radius 2 is 1.38 bits per heavy atom. The van der Waals surface area contributed by atoms with Crippen molar-refractivity contribution in [2.24, 2.45) is 0 Å². The quantitative estimate of drug-likeness (QED) is 0.811. The fraction of sp³-hybridized carbons (Fsp3) is 0.125. The summed E-state index contributed by atoms with van der Waals surface area (Å²) in [5, 5.41) is 8.21. The summed E-state index contributed by atoms with van der Waals surface area (Å²) in [4.78, 5) is 23.5. The molecule has 2 amide bonds. The lowest BCUT2D eigenvalue weighted by Gasteiger charge is -2.06. The first-order chi connectivity index (χ1) is 10.1. The van der Waals surface area contributed by atoms with Crippen LogP contribution >= 0.6 is 0 Å². The van der Waals surface area contributed by atoms with Crippen LogP contribution in [0.2, 0.25) is 0 Å². The molecule has 5 heteroatoms. The van der Waals surface area contributed by atoms with Crippen LogP contribution in [0.1, 0.15) is 5.56 Å². The van der Waals surface area contributed by atoms with Gasteiger partial charge in [-0.15, -0.1) is 0 Å². The highest BCUT2D eigenvalue weighted by Gasteiger charge is 2.02. The SMILES string of the molecule is CNc1ccc(NC(=O)Nc2ccc(C)cc2)ccc1=O. The van der Waals surface area contributed by atoms with Gasteiger partial charge in [-0.25, -0.2) is 4.79 Å². The molecule has 2 aromatic carbocycles. The maximum atomic E-state index is 11.9. The minimum absolute atomic E-state index is 0.135. The Morgan fingerprint density at radius 1 is 0.857 bits per heavy atom. The van der Waals surface area contributed by atoms with E-state index in [0.29, 0.717) is 17.1 Å². The Balaban J connectivity index is 2.07. The van der Waals surface area contributed by atoms with Crippen LogP contribution < -0.4 is 21.4 Å². The van der Waals surface area contributed by atoms with E-state index in [4.69, 9.17) is 0 Å². The van der Waals surface area contributed by atoms with E-state index in [1.807, 2.05) is 31.2 Å². The molecule has 0 radical (unpaired) electrons. The topological polar surface area (TPSA) is 70.2 Å². The molecule has 0 bridgehead atoms. The van der Waals surface area contributed by atoms with Crippen molar-refractivity contribution in [3.63, 3.8) is 0 Å². The summed E-state index contributed by atoms with van der Waals surface area (Å²) in [7, 11) is 1.67. The highest BCUT2D eigenvalue weighted by molar-refractivity contribution is 5.99. The van der Waals surface area contributed by atoms with Crippen molar-refractivity contribution in [2.45, 2.75) is 6.92 Å². The van der Waals surface area contributed by atoms with E-state index in [-0.39, 0.29) is 11.5 Å². The number of carbonyl (C=O) groups excluding carboxylic acids is 1. The molecule has 2 rings (SSSR count). The van der Waals surface area contributed by atoms with E-state index >= 15 is 0 Å². The highest BCUT2D eigenvalue weighted by Crippen LogP contribution is 2.10. The average molecular weight is 283 g/mol. The number of amides is 2. The van der Waals surface area contributed by atoms with E-state index in [1.54, 1.807) is 25.2 Å². The van der Waals surface area contributed by atoms with Crippen molar-refractivity contribution < 1.29 is 4.79 Å². The number of hydrogen-bond acceptors (Lipinski definition) is 3. The lowest BCUT2D eigenvalue weighted by Crippen LogP contribution is -2.19. The standard InChI is InChI=1S/C16H17N3O2/c1-11-3-5-12(6-4-11)18-16(21)19-13-7-9-14(17-2)15(20)10-8-13/h3-10H,1-2H3,(H,17,20)(H2,18,19,21). The molecule has 5 nitrogen and oxygen atoms in total. The summed E-state index contributed by atoms with van der Waals surface area (Å²) in [5.74, 6) is 0. The first-order valence-corrected chi connectivity index (χ1v) is 6.55. The minimum atomic E-state index is -0.358. The Kier molecular flexibility index (Phi) is 4.56. The number of anilines is 3. The summed E-state index contributed by atoms with van der Waals surface area (Å²) in [6.45, 7) is 1.98. The lowest BCUT2D eigenvalue weighted by molar-refractivity contribution is 0.262. The number of hydrogen-bond donors (Lipinski definition) is 3. The highest BCUT2D eigenvalue weighted by atomic mass is 16.2. The zero-order chi connectivity index (χ0) is 15.2. The molecular weight excluding hydrogens is 266 g/mol. The van der Waals surface area contributed by atoms with E-state index in [2.05, 4.69) is 16.0 Å². The van der Waals surface area contributed by atoms with E-state index < -0.39 is 0 Å². The van der Waals surface area contributed by atoms with Crippen LogP contribution in [0.3, 0.4) is 0 Å². The van der Waals surface area contributed by atoms with Crippen molar-refractivity contribution >= 4 is 23.1 Å². The third-order valence-corrected chi connectivity index (χ3v) is 2.95. The van der Waals surface area contributed by atoms with Crippen LogP contribution in [0, 0.1) is 6.92 Å². The largest absolute Gasteiger partial charge is 0.385 e. The minimum Gasteiger partial charge on any atom is -0.385 e. The van der Waals surface area contributed by atoms with Crippen molar-refractivity contribution in [3.05, 3.63) is 64.3 Å². The number of rotatable bonds is 3. The van der Waals surface area contributed by atoms with Crippen molar-refractivity contribution in [1.82, 2.24) is 0 Å². The monoisotopic (exact) mass is 283 g/mol. The fourth-order valence-corrected chi connectivity index (χ4v) is 1.79. The summed E-state index contributed by atoms with van der Waals surface area (Å²) < 4.78 is 0. The van der Waals surface area contributed by atoms with E-state index in [9.17, 15) is 9.59 Å². The summed E-state index contributed by atoms with van der Waals surface area (Å²) >= 11 is 0. The Bertz CT molecular complexity index is 697. The first kappa shape index (κ1) is 14.6. The van der Waals surface area contributed by atoms with Gasteiger partial charge in [-0.1, -0.05) is 17.7 Å². The second kappa shape index (κ2) is 6.56. The molecule has 0 saturated heterocycles. The Labute approximate surface area is 123 Å². The second-order valence-electron chi connectivity index (χ2n) is 4.60. The van der Waals surface area contributed by atoms with Gasteiger partial charge < -0.3 is 16.0 Å². The van der Waals surface area contributed by atoms with Crippen LogP contribution in [-0.2, 0) is 0 Å². The molecule has 0 unspecified atom stereocenters. The number of nitrogens with one attached hydrogen (secondary N) is 3. The molecular formula is C16H17N3O2. The zero-order valence-corrected chi connectivity index (χ0v) is 11.9. The lowest BCUT2D eigenvalue weighted by atomic mass is 10.2. The van der Waals surface area contributed by atoms with Crippen LogP contribution in [-0.4, -0.2) is 13.1 Å². The van der Waals surface area contributed by atoms with Crippen LogP contribution in [0.25, 0.3) is 0 Å². The number of carbonyl (C=O) groups is 1. The van der Waals surface area contributed by atoms with Gasteiger partial charge in [0.25, 0.3) is 0 Å². The molecule has 2 aromatic rings. The van der Waals surface area contributed by atoms with E-state index in [0.717, 1.165) is 5.56 Å². The third-order valence-electron chi connectivity index (χ3n) is 2.95. The van der Waals surface area contributed by atoms with Gasteiger partial charge in [0.15, 0.2) is 0 Å². The average Bonchev–Trinajstić information content (AvgIpc) is 2.63. The van der Waals surface area contributed by atoms with Gasteiger partial charge in [-0.3, -0.25) is 4.79 Å². The predicted molar refractivity (Wildman–Crippen MR) is 86.1 cm³/mol. The predicted octanol–water partition coefficient (Wildman–Crippen LogP) is 3.04. The molecule has 0 aliphatic heterocycles. The maximum absolute atomic E-state index is 11.9. The van der Waals surface area contributed by atoms with Crippen LogP contribution in [0.5, 0.6) is 0 Å². The van der Waals surface area contributed by atoms with Gasteiger partial charge in [0.2, 0.25) is 5.43 Å². The molecule has 3 N–H and O–H groups in total. The van der Waals surface area contributed by atoms with E-state index in [1.165, 1.54) is 6.07 Å². The smallest absolute Gasteiger partial charge is 0.323 e. The number of benzene rings is 1. The molecule has 0 aliphatic rings. The second-order valence-corrected chi connectivity index (χ2v) is 4.60. The molecule has 0 aromatic heterocycles. The van der Waals surface area contributed by atoms with Gasteiger partial charge in [-0.05, 0) is 43.3 Å². The molecule has 0 fully saturated rings. The van der Waals surface area contributed by atoms with Crippen molar-refractivity contribution in [1.29, 1.82) is 0 Å². The molecule has 0 heterocycles.